The number of benzene rings is 3. The number of carbonyl (C=O) groups excluding carboxylic acids is 1. The third-order valence-corrected chi connectivity index (χ3v) is 7.54. The molecule has 37 heavy (non-hydrogen) atoms. The lowest BCUT2D eigenvalue weighted by Crippen LogP contribution is -2.50. The number of nitrogens with zero attached hydrogens (tertiary/aromatic N) is 3. The summed E-state index contributed by atoms with van der Waals surface area (Å²) in [4.78, 5) is 18.6. The van der Waals surface area contributed by atoms with Gasteiger partial charge >= 0.3 is 0 Å². The van der Waals surface area contributed by atoms with E-state index in [0.29, 0.717) is 28.7 Å². The van der Waals surface area contributed by atoms with Crippen LogP contribution < -0.4 is 17.1 Å². The lowest BCUT2D eigenvalue weighted by Gasteiger charge is -2.41. The normalized spacial score (nSPS) is 17.7. The van der Waals surface area contributed by atoms with Crippen LogP contribution in [-0.2, 0) is 17.8 Å². The Hall–Kier alpha value is -3.69. The summed E-state index contributed by atoms with van der Waals surface area (Å²) < 4.78 is 0. The number of hydrogen-bond acceptors (Lipinski definition) is 5. The molecule has 0 unspecified atom stereocenters. The molecule has 1 aliphatic heterocycles. The summed E-state index contributed by atoms with van der Waals surface area (Å²) >= 11 is 13.2. The average Bonchev–Trinajstić information content (AvgIpc) is 3.27. The Labute approximate surface area is 223 Å². The minimum atomic E-state index is -0.584. The molecule has 4 aromatic rings. The van der Waals surface area contributed by atoms with Gasteiger partial charge in [0.2, 0.25) is 5.91 Å². The molecule has 6 N–H and O–H groups in total. The maximum atomic E-state index is 12.9. The molecular formula is C27H25Cl2N7O. The molecular weight excluding hydrogens is 509 g/mol. The first-order chi connectivity index (χ1) is 17.9. The number of rotatable bonds is 7. The minimum absolute atomic E-state index is 0.396. The highest BCUT2D eigenvalue weighted by Gasteiger charge is 2.41. The fraction of sp³-hybridized carbons (Fsp3) is 0.148. The molecule has 0 saturated heterocycles. The Bertz CT molecular complexity index is 1530. The monoisotopic (exact) mass is 533 g/mol. The number of nitrogens with two attached hydrogens (primary N) is 2. The SMILES string of the molecule is C=C(/N=N\NN)c1cccc(CN2[C@H](c3cccc(Cl)c3Cl)c3[nH]c4ccccc4c3C[C@H]2C(N)=O)c1. The van der Waals surface area contributed by atoms with E-state index < -0.39 is 18.0 Å². The quantitative estimate of drug-likeness (QED) is 0.146. The number of primary amides is 1. The highest BCUT2D eigenvalue weighted by molar-refractivity contribution is 6.42. The summed E-state index contributed by atoms with van der Waals surface area (Å²) in [6.45, 7) is 4.36. The molecule has 8 nitrogen and oxygen atoms in total. The van der Waals surface area contributed by atoms with E-state index in [4.69, 9.17) is 34.8 Å². The first kappa shape index (κ1) is 25.0. The molecule has 5 rings (SSSR count). The van der Waals surface area contributed by atoms with Crippen molar-refractivity contribution in [1.82, 2.24) is 15.4 Å². The number of hydrogen-bond donors (Lipinski definition) is 4. The topological polar surface area (TPSA) is 125 Å². The fourth-order valence-electron chi connectivity index (χ4n) is 5.07. The van der Waals surface area contributed by atoms with Crippen LogP contribution in [0.2, 0.25) is 10.0 Å². The largest absolute Gasteiger partial charge is 0.368 e. The van der Waals surface area contributed by atoms with E-state index in [1.54, 1.807) is 6.07 Å². The second-order valence-corrected chi connectivity index (χ2v) is 9.66. The number of aromatic nitrogens is 1. The number of halogens is 2. The molecule has 0 radical (unpaired) electrons. The standard InChI is InChI=1S/C27H25Cl2N7O/c1-15(33-35-34-31)17-7-4-6-16(12-17)14-36-23(27(30)37)13-20-18-8-2-3-11-22(18)32-25(20)26(36)19-9-5-10-21(28)24(19)29/h2-12,23,26,32H,1,13-14H2,(H2,30,37)(H2,31,35)(H,33,34)/t23-,26+/m0/s1. The van der Waals surface area contributed by atoms with Gasteiger partial charge in [-0.3, -0.25) is 9.69 Å². The summed E-state index contributed by atoms with van der Waals surface area (Å²) in [5, 5.41) is 9.48. The van der Waals surface area contributed by atoms with Crippen LogP contribution >= 0.6 is 23.2 Å². The molecule has 2 heterocycles. The van der Waals surface area contributed by atoms with Crippen molar-refractivity contribution >= 4 is 45.7 Å². The van der Waals surface area contributed by atoms with Gasteiger partial charge in [0.15, 0.2) is 0 Å². The summed E-state index contributed by atoms with van der Waals surface area (Å²) in [5.74, 6) is 4.77. The number of H-pyrrole nitrogens is 1. The second-order valence-electron chi connectivity index (χ2n) is 8.88. The van der Waals surface area contributed by atoms with Gasteiger partial charge in [-0.15, -0.1) is 5.11 Å². The Morgan fingerprint density at radius 2 is 1.92 bits per heavy atom. The zero-order valence-corrected chi connectivity index (χ0v) is 21.3. The van der Waals surface area contributed by atoms with Crippen LogP contribution in [0.4, 0.5) is 0 Å². The van der Waals surface area contributed by atoms with E-state index in [-0.39, 0.29) is 0 Å². The average molecular weight is 534 g/mol. The van der Waals surface area contributed by atoms with Crippen LogP contribution in [0.25, 0.3) is 16.6 Å². The van der Waals surface area contributed by atoms with Crippen LogP contribution in [0, 0.1) is 0 Å². The van der Waals surface area contributed by atoms with Crippen molar-refractivity contribution in [3.63, 3.8) is 0 Å². The first-order valence-electron chi connectivity index (χ1n) is 11.6. The van der Waals surface area contributed by atoms with E-state index in [0.717, 1.165) is 38.9 Å². The first-order valence-corrected chi connectivity index (χ1v) is 12.4. The minimum Gasteiger partial charge on any atom is -0.368 e. The van der Waals surface area contributed by atoms with E-state index in [1.165, 1.54) is 0 Å². The molecule has 1 aliphatic rings. The molecule has 0 spiro atoms. The van der Waals surface area contributed by atoms with Crippen LogP contribution in [0.5, 0.6) is 0 Å². The molecule has 0 aliphatic carbocycles. The molecule has 1 amide bonds. The predicted molar refractivity (Wildman–Crippen MR) is 146 cm³/mol. The van der Waals surface area contributed by atoms with Gasteiger partial charge in [-0.05, 0) is 41.3 Å². The van der Waals surface area contributed by atoms with Gasteiger partial charge in [0, 0.05) is 28.7 Å². The molecule has 1 aromatic heterocycles. The zero-order valence-electron chi connectivity index (χ0n) is 19.8. The highest BCUT2D eigenvalue weighted by atomic mass is 35.5. The number of aromatic amines is 1. The molecule has 2 atom stereocenters. The van der Waals surface area contributed by atoms with Crippen molar-refractivity contribution in [1.29, 1.82) is 0 Å². The van der Waals surface area contributed by atoms with Crippen molar-refractivity contribution in [3.8, 4) is 0 Å². The summed E-state index contributed by atoms with van der Waals surface area (Å²) in [6, 6.07) is 20.3. The predicted octanol–water partition coefficient (Wildman–Crippen LogP) is 5.28. The third-order valence-electron chi connectivity index (χ3n) is 6.71. The number of carbonyl (C=O) groups is 1. The Balaban J connectivity index is 1.66. The Kier molecular flexibility index (Phi) is 6.99. The van der Waals surface area contributed by atoms with E-state index in [2.05, 4.69) is 38.4 Å². The molecule has 0 saturated carbocycles. The van der Waals surface area contributed by atoms with E-state index in [1.807, 2.05) is 54.6 Å². The number of fused-ring (bicyclic) bond motifs is 3. The third kappa shape index (κ3) is 4.72. The number of nitrogens with one attached hydrogen (secondary N) is 2. The van der Waals surface area contributed by atoms with Crippen LogP contribution in [-0.4, -0.2) is 21.8 Å². The van der Waals surface area contributed by atoms with Gasteiger partial charge in [-0.1, -0.05) is 83.5 Å². The lowest BCUT2D eigenvalue weighted by atomic mass is 9.87. The molecule has 10 heteroatoms. The van der Waals surface area contributed by atoms with Crippen LogP contribution in [0.15, 0.2) is 83.6 Å². The van der Waals surface area contributed by atoms with Crippen molar-refractivity contribution in [2.45, 2.75) is 25.0 Å². The fourth-order valence-corrected chi connectivity index (χ4v) is 5.48. The lowest BCUT2D eigenvalue weighted by molar-refractivity contribution is -0.124. The number of hydrazine groups is 1. The van der Waals surface area contributed by atoms with Gasteiger partial charge in [-0.25, -0.2) is 11.4 Å². The molecule has 188 valence electrons. The molecule has 3 aromatic carbocycles. The van der Waals surface area contributed by atoms with Gasteiger partial charge in [0.1, 0.15) is 0 Å². The van der Waals surface area contributed by atoms with Crippen LogP contribution in [0.3, 0.4) is 0 Å². The number of amides is 1. The maximum Gasteiger partial charge on any atom is 0.235 e. The highest BCUT2D eigenvalue weighted by Crippen LogP contribution is 2.44. The molecule has 0 fully saturated rings. The van der Waals surface area contributed by atoms with E-state index >= 15 is 0 Å². The smallest absolute Gasteiger partial charge is 0.235 e. The van der Waals surface area contributed by atoms with Crippen molar-refractivity contribution in [2.24, 2.45) is 21.9 Å². The van der Waals surface area contributed by atoms with Crippen molar-refractivity contribution < 1.29 is 4.79 Å². The Morgan fingerprint density at radius 3 is 2.70 bits per heavy atom. The maximum absolute atomic E-state index is 12.9. The Morgan fingerprint density at radius 1 is 1.14 bits per heavy atom. The van der Waals surface area contributed by atoms with Crippen LogP contribution in [0.1, 0.15) is 34.0 Å². The zero-order chi connectivity index (χ0) is 26.1. The summed E-state index contributed by atoms with van der Waals surface area (Å²) in [5.41, 5.74) is 14.1. The summed E-state index contributed by atoms with van der Waals surface area (Å²) in [6.07, 6.45) is 0.464. The van der Waals surface area contributed by atoms with Gasteiger partial charge in [-0.2, -0.15) is 0 Å². The van der Waals surface area contributed by atoms with Gasteiger partial charge in [0.25, 0.3) is 0 Å². The molecule has 0 bridgehead atoms. The van der Waals surface area contributed by atoms with Crippen molar-refractivity contribution in [2.75, 3.05) is 0 Å². The van der Waals surface area contributed by atoms with Gasteiger partial charge in [0.05, 0.1) is 27.8 Å². The van der Waals surface area contributed by atoms with Crippen molar-refractivity contribution in [3.05, 3.63) is 111 Å². The van der Waals surface area contributed by atoms with E-state index in [9.17, 15) is 4.79 Å². The van der Waals surface area contributed by atoms with Gasteiger partial charge < -0.3 is 10.7 Å². The summed E-state index contributed by atoms with van der Waals surface area (Å²) in [7, 11) is 0. The second kappa shape index (κ2) is 10.4. The number of para-hydroxylation sites is 1.